The fourth-order valence-corrected chi connectivity index (χ4v) is 3.30. The van der Waals surface area contributed by atoms with Crippen LogP contribution in [0.5, 0.6) is 0 Å². The highest BCUT2D eigenvalue weighted by Gasteiger charge is 2.32. The normalized spacial score (nSPS) is 31.1. The van der Waals surface area contributed by atoms with Gasteiger partial charge in [0.25, 0.3) is 0 Å². The molecule has 2 aliphatic rings. The van der Waals surface area contributed by atoms with Gasteiger partial charge in [-0.3, -0.25) is 0 Å². The van der Waals surface area contributed by atoms with E-state index in [0.717, 1.165) is 17.8 Å². The van der Waals surface area contributed by atoms with Crippen LogP contribution in [-0.4, -0.2) is 13.1 Å². The fourth-order valence-electron chi connectivity index (χ4n) is 3.30. The van der Waals surface area contributed by atoms with Crippen molar-refractivity contribution in [2.75, 3.05) is 13.1 Å². The molecule has 2 rings (SSSR count). The van der Waals surface area contributed by atoms with Gasteiger partial charge in [0.2, 0.25) is 0 Å². The van der Waals surface area contributed by atoms with Crippen molar-refractivity contribution in [3.8, 4) is 0 Å². The first-order chi connectivity index (χ1) is 6.92. The van der Waals surface area contributed by atoms with E-state index in [1.165, 1.54) is 58.0 Å². The Morgan fingerprint density at radius 2 is 1.93 bits per heavy atom. The average Bonchev–Trinajstić information content (AvgIpc) is 2.16. The van der Waals surface area contributed by atoms with Crippen molar-refractivity contribution >= 4 is 0 Å². The Morgan fingerprint density at radius 3 is 2.43 bits per heavy atom. The van der Waals surface area contributed by atoms with E-state index in [-0.39, 0.29) is 0 Å². The molecule has 1 heteroatoms. The zero-order valence-corrected chi connectivity index (χ0v) is 9.60. The summed E-state index contributed by atoms with van der Waals surface area (Å²) in [7, 11) is 0. The lowest BCUT2D eigenvalue weighted by atomic mass is 9.67. The maximum absolute atomic E-state index is 3.58. The smallest absolute Gasteiger partial charge is 0.00178 e. The molecule has 1 saturated carbocycles. The lowest BCUT2D eigenvalue weighted by Gasteiger charge is -2.40. The standard InChI is InChI=1S/C13H25N/c1-2-5-13(11-6-3-7-11)12-8-4-9-14-10-12/h11-14H,2-10H2,1H3. The second kappa shape index (κ2) is 5.16. The van der Waals surface area contributed by atoms with Crippen LogP contribution in [0.4, 0.5) is 0 Å². The lowest BCUT2D eigenvalue weighted by Crippen LogP contribution is -2.38. The van der Waals surface area contributed by atoms with Crippen LogP contribution in [0.3, 0.4) is 0 Å². The van der Waals surface area contributed by atoms with Gasteiger partial charge < -0.3 is 5.32 Å². The van der Waals surface area contributed by atoms with Crippen LogP contribution in [0, 0.1) is 17.8 Å². The third-order valence-corrected chi connectivity index (χ3v) is 4.32. The highest BCUT2D eigenvalue weighted by Crippen LogP contribution is 2.41. The highest BCUT2D eigenvalue weighted by atomic mass is 14.9. The van der Waals surface area contributed by atoms with Gasteiger partial charge in [-0.15, -0.1) is 0 Å². The Morgan fingerprint density at radius 1 is 1.14 bits per heavy atom. The molecule has 0 spiro atoms. The van der Waals surface area contributed by atoms with Crippen molar-refractivity contribution in [2.45, 2.75) is 51.9 Å². The van der Waals surface area contributed by atoms with Crippen LogP contribution < -0.4 is 5.32 Å². The first-order valence-electron chi connectivity index (χ1n) is 6.62. The largest absolute Gasteiger partial charge is 0.316 e. The van der Waals surface area contributed by atoms with Gasteiger partial charge in [0.1, 0.15) is 0 Å². The van der Waals surface area contributed by atoms with E-state index >= 15 is 0 Å². The Kier molecular flexibility index (Phi) is 3.86. The molecule has 1 aliphatic heterocycles. The molecule has 1 heterocycles. The minimum absolute atomic E-state index is 1.01. The van der Waals surface area contributed by atoms with E-state index in [0.29, 0.717) is 0 Å². The average molecular weight is 195 g/mol. The Bertz CT molecular complexity index is 157. The van der Waals surface area contributed by atoms with E-state index in [4.69, 9.17) is 0 Å². The van der Waals surface area contributed by atoms with Gasteiger partial charge in [-0.05, 0) is 43.7 Å². The fraction of sp³-hybridized carbons (Fsp3) is 1.00. The second-order valence-electron chi connectivity index (χ2n) is 5.25. The summed E-state index contributed by atoms with van der Waals surface area (Å²) in [5.41, 5.74) is 0. The van der Waals surface area contributed by atoms with Gasteiger partial charge in [-0.1, -0.05) is 39.0 Å². The van der Waals surface area contributed by atoms with Crippen LogP contribution in [0.15, 0.2) is 0 Å². The molecule has 1 N–H and O–H groups in total. The minimum Gasteiger partial charge on any atom is -0.316 e. The number of piperidine rings is 1. The maximum atomic E-state index is 3.58. The third kappa shape index (κ3) is 2.31. The summed E-state index contributed by atoms with van der Waals surface area (Å²) in [4.78, 5) is 0. The quantitative estimate of drug-likeness (QED) is 0.726. The van der Waals surface area contributed by atoms with Crippen molar-refractivity contribution in [3.05, 3.63) is 0 Å². The Hall–Kier alpha value is -0.0400. The van der Waals surface area contributed by atoms with E-state index in [1.807, 2.05) is 0 Å². The molecule has 0 aromatic carbocycles. The van der Waals surface area contributed by atoms with Gasteiger partial charge >= 0.3 is 0 Å². The van der Waals surface area contributed by atoms with Crippen molar-refractivity contribution in [1.82, 2.24) is 5.32 Å². The van der Waals surface area contributed by atoms with Crippen LogP contribution in [0.2, 0.25) is 0 Å². The van der Waals surface area contributed by atoms with E-state index in [1.54, 1.807) is 0 Å². The number of hydrogen-bond acceptors (Lipinski definition) is 1. The molecule has 0 aromatic heterocycles. The molecule has 0 radical (unpaired) electrons. The topological polar surface area (TPSA) is 12.0 Å². The molecule has 2 fully saturated rings. The highest BCUT2D eigenvalue weighted by molar-refractivity contribution is 4.85. The van der Waals surface area contributed by atoms with Crippen LogP contribution in [0.1, 0.15) is 51.9 Å². The predicted octanol–water partition coefficient (Wildman–Crippen LogP) is 3.20. The lowest BCUT2D eigenvalue weighted by molar-refractivity contribution is 0.115. The summed E-state index contributed by atoms with van der Waals surface area (Å²) >= 11 is 0. The van der Waals surface area contributed by atoms with Gasteiger partial charge in [0.15, 0.2) is 0 Å². The summed E-state index contributed by atoms with van der Waals surface area (Å²) in [5.74, 6) is 3.16. The monoisotopic (exact) mass is 195 g/mol. The van der Waals surface area contributed by atoms with E-state index in [9.17, 15) is 0 Å². The van der Waals surface area contributed by atoms with Crippen LogP contribution in [-0.2, 0) is 0 Å². The Labute approximate surface area is 88.7 Å². The number of nitrogens with one attached hydrogen (secondary N) is 1. The van der Waals surface area contributed by atoms with Crippen molar-refractivity contribution in [2.24, 2.45) is 17.8 Å². The molecule has 0 amide bonds. The molecule has 1 aliphatic carbocycles. The molecule has 2 unspecified atom stereocenters. The molecule has 82 valence electrons. The molecule has 1 saturated heterocycles. The maximum Gasteiger partial charge on any atom is -0.00178 e. The van der Waals surface area contributed by atoms with Gasteiger partial charge in [0, 0.05) is 0 Å². The first kappa shape index (κ1) is 10.5. The summed E-state index contributed by atoms with van der Waals surface area (Å²) in [6.07, 6.45) is 10.3. The summed E-state index contributed by atoms with van der Waals surface area (Å²) < 4.78 is 0. The molecule has 0 aromatic rings. The molecular formula is C13H25N. The zero-order valence-electron chi connectivity index (χ0n) is 9.60. The first-order valence-corrected chi connectivity index (χ1v) is 6.62. The van der Waals surface area contributed by atoms with Crippen LogP contribution >= 0.6 is 0 Å². The summed E-state index contributed by atoms with van der Waals surface area (Å²) in [5, 5.41) is 3.58. The molecule has 0 bridgehead atoms. The molecule has 2 atom stereocenters. The van der Waals surface area contributed by atoms with Crippen LogP contribution in [0.25, 0.3) is 0 Å². The van der Waals surface area contributed by atoms with Crippen molar-refractivity contribution < 1.29 is 0 Å². The zero-order chi connectivity index (χ0) is 9.80. The molecular weight excluding hydrogens is 170 g/mol. The van der Waals surface area contributed by atoms with Crippen molar-refractivity contribution in [1.29, 1.82) is 0 Å². The van der Waals surface area contributed by atoms with Crippen molar-refractivity contribution in [3.63, 3.8) is 0 Å². The molecule has 14 heavy (non-hydrogen) atoms. The molecule has 1 nitrogen and oxygen atoms in total. The summed E-state index contributed by atoms with van der Waals surface area (Å²) in [6.45, 7) is 4.92. The SMILES string of the molecule is CCCC(C1CCC1)C1CCCNC1. The van der Waals surface area contributed by atoms with E-state index < -0.39 is 0 Å². The predicted molar refractivity (Wildman–Crippen MR) is 61.3 cm³/mol. The number of rotatable bonds is 4. The second-order valence-corrected chi connectivity index (χ2v) is 5.25. The van der Waals surface area contributed by atoms with Gasteiger partial charge in [-0.2, -0.15) is 0 Å². The van der Waals surface area contributed by atoms with Gasteiger partial charge in [-0.25, -0.2) is 0 Å². The third-order valence-electron chi connectivity index (χ3n) is 4.32. The summed E-state index contributed by atoms with van der Waals surface area (Å²) in [6, 6.07) is 0. The minimum atomic E-state index is 1.01. The van der Waals surface area contributed by atoms with Gasteiger partial charge in [0.05, 0.1) is 0 Å². The van der Waals surface area contributed by atoms with E-state index in [2.05, 4.69) is 12.2 Å². The number of hydrogen-bond donors (Lipinski definition) is 1. The Balaban J connectivity index is 1.86.